The number of piperidine rings is 1. The van der Waals surface area contributed by atoms with Gasteiger partial charge in [-0.15, -0.1) is 5.10 Å². The third-order valence-corrected chi connectivity index (χ3v) is 7.19. The van der Waals surface area contributed by atoms with E-state index < -0.39 is 0 Å². The highest BCUT2D eigenvalue weighted by Gasteiger charge is 2.50. The summed E-state index contributed by atoms with van der Waals surface area (Å²) in [6, 6.07) is 5.27. The number of phenols is 1. The molecule has 1 N–H and O–H groups in total. The summed E-state index contributed by atoms with van der Waals surface area (Å²) in [5.74, 6) is 0.103. The van der Waals surface area contributed by atoms with E-state index in [-0.39, 0.29) is 22.9 Å². The number of ether oxygens (including phenoxy) is 1. The summed E-state index contributed by atoms with van der Waals surface area (Å²) in [7, 11) is 2.17. The number of rotatable bonds is 4. The van der Waals surface area contributed by atoms with E-state index in [0.29, 0.717) is 21.5 Å². The van der Waals surface area contributed by atoms with Crippen LogP contribution in [0.4, 0.5) is 0 Å². The topological polar surface area (TPSA) is 89.2 Å². The van der Waals surface area contributed by atoms with Crippen molar-refractivity contribution in [1.29, 1.82) is 0 Å². The molecule has 0 radical (unpaired) electrons. The van der Waals surface area contributed by atoms with Crippen LogP contribution in [0.1, 0.15) is 32.4 Å². The van der Waals surface area contributed by atoms with Gasteiger partial charge in [0.05, 0.1) is 23.1 Å². The molecule has 3 atom stereocenters. The molecule has 1 aromatic carbocycles. The molecule has 0 saturated carbocycles. The molecule has 2 bridgehead atoms. The van der Waals surface area contributed by atoms with E-state index in [4.69, 9.17) is 4.74 Å². The summed E-state index contributed by atoms with van der Waals surface area (Å²) in [5.41, 5.74) is 2.10. The SMILES string of the molecule is Cc1cnn(-c2ccc(-c3nnc(OC4C[C@]5(C)C=C[C@](C)(C4)N5C)s3)c(O)c2)n1. The molecule has 5 rings (SSSR count). The van der Waals surface area contributed by atoms with Crippen LogP contribution in [0.5, 0.6) is 10.9 Å². The Labute approximate surface area is 178 Å². The number of hydrogen-bond acceptors (Lipinski definition) is 8. The first-order valence-electron chi connectivity index (χ1n) is 9.93. The normalized spacial score (nSPS) is 28.2. The fourth-order valence-electron chi connectivity index (χ4n) is 4.45. The Morgan fingerprint density at radius 1 is 1.17 bits per heavy atom. The monoisotopic (exact) mass is 424 g/mol. The van der Waals surface area contributed by atoms with Crippen LogP contribution in [0.15, 0.2) is 36.5 Å². The van der Waals surface area contributed by atoms with Gasteiger partial charge in [-0.25, -0.2) is 0 Å². The Hall–Kier alpha value is -2.78. The Morgan fingerprint density at radius 3 is 2.53 bits per heavy atom. The van der Waals surface area contributed by atoms with Crippen LogP contribution in [0.3, 0.4) is 0 Å². The second-order valence-corrected chi connectivity index (χ2v) is 9.54. The van der Waals surface area contributed by atoms with Gasteiger partial charge in [0.2, 0.25) is 0 Å². The van der Waals surface area contributed by atoms with Crippen molar-refractivity contribution in [3.05, 3.63) is 42.2 Å². The van der Waals surface area contributed by atoms with Crippen molar-refractivity contribution < 1.29 is 9.84 Å². The lowest BCUT2D eigenvalue weighted by atomic mass is 9.83. The van der Waals surface area contributed by atoms with Gasteiger partial charge in [-0.2, -0.15) is 15.0 Å². The van der Waals surface area contributed by atoms with Crippen LogP contribution in [-0.4, -0.2) is 59.4 Å². The highest BCUT2D eigenvalue weighted by molar-refractivity contribution is 7.16. The molecule has 4 heterocycles. The first kappa shape index (κ1) is 19.2. The van der Waals surface area contributed by atoms with Gasteiger partial charge in [0.15, 0.2) is 5.01 Å². The number of fused-ring (bicyclic) bond motifs is 2. The second kappa shape index (κ2) is 6.61. The van der Waals surface area contributed by atoms with Gasteiger partial charge in [0.25, 0.3) is 5.19 Å². The molecule has 2 aromatic heterocycles. The van der Waals surface area contributed by atoms with Crippen molar-refractivity contribution in [1.82, 2.24) is 30.1 Å². The largest absolute Gasteiger partial charge is 0.507 e. The summed E-state index contributed by atoms with van der Waals surface area (Å²) in [6.07, 6.45) is 8.12. The van der Waals surface area contributed by atoms with E-state index in [1.807, 2.05) is 13.0 Å². The zero-order valence-electron chi connectivity index (χ0n) is 17.4. The van der Waals surface area contributed by atoms with Crippen molar-refractivity contribution in [2.75, 3.05) is 7.05 Å². The minimum atomic E-state index is -0.00181. The predicted octanol–water partition coefficient (Wildman–Crippen LogP) is 3.36. The first-order chi connectivity index (χ1) is 14.3. The zero-order chi connectivity index (χ0) is 21.1. The number of aromatic hydroxyl groups is 1. The molecule has 1 saturated heterocycles. The number of hydrogen-bond donors (Lipinski definition) is 1. The van der Waals surface area contributed by atoms with Gasteiger partial charge in [-0.3, -0.25) is 4.90 Å². The van der Waals surface area contributed by atoms with Crippen molar-refractivity contribution in [3.8, 4) is 27.2 Å². The number of likely N-dealkylation sites (N-methyl/N-ethyl adjacent to an activating group) is 1. The van der Waals surface area contributed by atoms with Crippen LogP contribution in [0, 0.1) is 6.92 Å². The maximum absolute atomic E-state index is 10.5. The van der Waals surface area contributed by atoms with Gasteiger partial charge in [-0.05, 0) is 40.0 Å². The summed E-state index contributed by atoms with van der Waals surface area (Å²) < 4.78 is 6.23. The van der Waals surface area contributed by atoms with Gasteiger partial charge in [0.1, 0.15) is 11.9 Å². The lowest BCUT2D eigenvalue weighted by molar-refractivity contribution is -0.0126. The van der Waals surface area contributed by atoms with Crippen molar-refractivity contribution in [2.24, 2.45) is 0 Å². The number of aromatic nitrogens is 5. The molecular weight excluding hydrogens is 400 g/mol. The maximum atomic E-state index is 10.5. The molecule has 2 aliphatic heterocycles. The molecule has 3 aromatic rings. The minimum absolute atomic E-state index is 0.00181. The molecular formula is C21H24N6O2S. The number of nitrogens with zero attached hydrogens (tertiary/aromatic N) is 6. The van der Waals surface area contributed by atoms with Crippen LogP contribution in [0.2, 0.25) is 0 Å². The first-order valence-corrected chi connectivity index (χ1v) is 10.7. The number of aryl methyl sites for hydroxylation is 1. The third kappa shape index (κ3) is 3.09. The molecule has 8 nitrogen and oxygen atoms in total. The Balaban J connectivity index is 1.34. The summed E-state index contributed by atoms with van der Waals surface area (Å²) in [4.78, 5) is 3.90. The molecule has 2 aliphatic rings. The average molecular weight is 425 g/mol. The van der Waals surface area contributed by atoms with Gasteiger partial charge >= 0.3 is 0 Å². The summed E-state index contributed by atoms with van der Waals surface area (Å²) in [5, 5.41) is 28.6. The van der Waals surface area contributed by atoms with Gasteiger partial charge in [0, 0.05) is 30.0 Å². The van der Waals surface area contributed by atoms with Crippen molar-refractivity contribution in [3.63, 3.8) is 0 Å². The van der Waals surface area contributed by atoms with Crippen LogP contribution in [-0.2, 0) is 0 Å². The van der Waals surface area contributed by atoms with Crippen LogP contribution in [0.25, 0.3) is 16.3 Å². The van der Waals surface area contributed by atoms with Crippen LogP contribution < -0.4 is 4.74 Å². The van der Waals surface area contributed by atoms with E-state index in [2.05, 4.69) is 58.3 Å². The molecule has 1 fully saturated rings. The summed E-state index contributed by atoms with van der Waals surface area (Å²) in [6.45, 7) is 6.35. The fraction of sp³-hybridized carbons (Fsp3) is 0.429. The second-order valence-electron chi connectivity index (χ2n) is 8.60. The van der Waals surface area contributed by atoms with Crippen molar-refractivity contribution in [2.45, 2.75) is 50.8 Å². The highest BCUT2D eigenvalue weighted by Crippen LogP contribution is 2.46. The number of benzene rings is 1. The third-order valence-electron chi connectivity index (χ3n) is 6.34. The Kier molecular flexibility index (Phi) is 4.23. The molecule has 1 unspecified atom stereocenters. The lowest BCUT2D eigenvalue weighted by Crippen LogP contribution is -2.57. The smallest absolute Gasteiger partial charge is 0.294 e. The number of phenolic OH excluding ortho intramolecular Hbond substituents is 1. The molecule has 0 spiro atoms. The fourth-order valence-corrected chi connectivity index (χ4v) is 5.25. The molecule has 9 heteroatoms. The minimum Gasteiger partial charge on any atom is -0.507 e. The van der Waals surface area contributed by atoms with Gasteiger partial charge in [-0.1, -0.05) is 28.6 Å². The molecule has 156 valence electrons. The molecule has 0 aliphatic carbocycles. The quantitative estimate of drug-likeness (QED) is 0.642. The predicted molar refractivity (Wildman–Crippen MR) is 114 cm³/mol. The standard InChI is InChI=1S/C21H24N6O2S/c1-13-12-22-27(25-13)14-5-6-16(17(28)9-14)18-23-24-19(30-18)29-15-10-20(2)7-8-21(3,11-15)26(20)4/h5-9,12,15,28H,10-11H2,1-4H3/t15?,20-,21+. The maximum Gasteiger partial charge on any atom is 0.294 e. The lowest BCUT2D eigenvalue weighted by Gasteiger charge is -2.48. The molecule has 30 heavy (non-hydrogen) atoms. The van der Waals surface area contributed by atoms with E-state index in [1.54, 1.807) is 18.3 Å². The van der Waals surface area contributed by atoms with Crippen LogP contribution >= 0.6 is 11.3 Å². The van der Waals surface area contributed by atoms with E-state index >= 15 is 0 Å². The molecule has 0 amide bonds. The van der Waals surface area contributed by atoms with E-state index in [0.717, 1.165) is 18.5 Å². The highest BCUT2D eigenvalue weighted by atomic mass is 32.1. The summed E-state index contributed by atoms with van der Waals surface area (Å²) >= 11 is 1.34. The zero-order valence-corrected chi connectivity index (χ0v) is 18.2. The Morgan fingerprint density at radius 2 is 1.90 bits per heavy atom. The average Bonchev–Trinajstić information content (AvgIpc) is 3.36. The van der Waals surface area contributed by atoms with Crippen molar-refractivity contribution >= 4 is 11.3 Å². The van der Waals surface area contributed by atoms with E-state index in [9.17, 15) is 5.11 Å². The Bertz CT molecular complexity index is 1120. The van der Waals surface area contributed by atoms with Gasteiger partial charge < -0.3 is 9.84 Å². The van der Waals surface area contributed by atoms with E-state index in [1.165, 1.54) is 16.1 Å².